The van der Waals surface area contributed by atoms with E-state index in [9.17, 15) is 0 Å². The third-order valence-corrected chi connectivity index (χ3v) is 13.2. The van der Waals surface area contributed by atoms with E-state index in [4.69, 9.17) is 23.9 Å². The van der Waals surface area contributed by atoms with Gasteiger partial charge in [-0.25, -0.2) is 4.98 Å². The Balaban J connectivity index is 1.51. The molecule has 38 heavy (non-hydrogen) atoms. The molecule has 1 fully saturated rings. The summed E-state index contributed by atoms with van der Waals surface area (Å²) >= 11 is 0. The molecule has 1 aromatic carbocycles. The molecule has 6 nitrogen and oxygen atoms in total. The minimum absolute atomic E-state index is 0.109. The molecule has 5 rings (SSSR count). The smallest absolute Gasteiger partial charge is 0.231 e. The van der Waals surface area contributed by atoms with Crippen molar-refractivity contribution in [3.63, 3.8) is 0 Å². The summed E-state index contributed by atoms with van der Waals surface area (Å²) in [5.41, 5.74) is 4.56. The number of hydrogen-bond acceptors (Lipinski definition) is 5. The Morgan fingerprint density at radius 2 is 1.84 bits per heavy atom. The average Bonchev–Trinajstić information content (AvgIpc) is 3.52. The fourth-order valence-corrected chi connectivity index (χ4v) is 6.84. The van der Waals surface area contributed by atoms with E-state index in [1.165, 1.54) is 0 Å². The Kier molecular flexibility index (Phi) is 7.03. The molecule has 0 spiro atoms. The molecule has 0 saturated heterocycles. The molecule has 2 aromatic heterocycles. The maximum Gasteiger partial charge on any atom is 0.231 e. The van der Waals surface area contributed by atoms with Gasteiger partial charge in [0.25, 0.3) is 0 Å². The van der Waals surface area contributed by atoms with Crippen LogP contribution in [-0.4, -0.2) is 36.2 Å². The standard InChI is InChI=1S/C31H41N3O3Si/c1-8-16-31(17-14-23(15-18-31)37-38(6,7)30(3,4)5)29-33-27(22-12-13-25-26(19-22)36-20-35-25)28(34-29)24-11-9-10-21(2)32-24/h8-13,19,23H,1,14-18,20H2,2-7H3,(H,33,34). The van der Waals surface area contributed by atoms with Gasteiger partial charge in [0.1, 0.15) is 5.82 Å². The first-order chi connectivity index (χ1) is 18.0. The van der Waals surface area contributed by atoms with Crippen LogP contribution in [0.25, 0.3) is 22.6 Å². The van der Waals surface area contributed by atoms with Crippen LogP contribution < -0.4 is 9.47 Å². The highest BCUT2D eigenvalue weighted by Crippen LogP contribution is 2.47. The van der Waals surface area contributed by atoms with Crippen LogP contribution in [0.1, 0.15) is 64.4 Å². The first kappa shape index (κ1) is 26.7. The van der Waals surface area contributed by atoms with E-state index in [1.54, 1.807) is 0 Å². The third-order valence-electron chi connectivity index (χ3n) is 8.69. The minimum atomic E-state index is -1.82. The van der Waals surface area contributed by atoms with Crippen molar-refractivity contribution in [2.24, 2.45) is 0 Å². The number of allylic oxidation sites excluding steroid dienone is 1. The lowest BCUT2D eigenvalue weighted by atomic mass is 9.70. The van der Waals surface area contributed by atoms with Gasteiger partial charge in [0, 0.05) is 22.8 Å². The van der Waals surface area contributed by atoms with Crippen LogP contribution >= 0.6 is 0 Å². The molecule has 0 atom stereocenters. The number of hydrogen-bond donors (Lipinski definition) is 1. The van der Waals surface area contributed by atoms with Gasteiger partial charge in [-0.1, -0.05) is 32.9 Å². The van der Waals surface area contributed by atoms with Crippen molar-refractivity contribution in [3.8, 4) is 34.1 Å². The second kappa shape index (κ2) is 10.0. The summed E-state index contributed by atoms with van der Waals surface area (Å²) in [6.07, 6.45) is 7.28. The summed E-state index contributed by atoms with van der Waals surface area (Å²) in [5, 5.41) is 0.207. The molecule has 0 bridgehead atoms. The van der Waals surface area contributed by atoms with Crippen molar-refractivity contribution in [1.82, 2.24) is 15.0 Å². The van der Waals surface area contributed by atoms with Gasteiger partial charge >= 0.3 is 0 Å². The van der Waals surface area contributed by atoms with Crippen LogP contribution in [0.5, 0.6) is 11.5 Å². The number of aromatic nitrogens is 3. The average molecular weight is 532 g/mol. The van der Waals surface area contributed by atoms with Crippen LogP contribution in [0.3, 0.4) is 0 Å². The molecule has 1 saturated carbocycles. The topological polar surface area (TPSA) is 69.3 Å². The van der Waals surface area contributed by atoms with Gasteiger partial charge in [-0.05, 0) is 87.5 Å². The highest BCUT2D eigenvalue weighted by atomic mass is 28.4. The van der Waals surface area contributed by atoms with Crippen molar-refractivity contribution in [2.75, 3.05) is 6.79 Å². The number of rotatable bonds is 7. The molecule has 3 aromatic rings. The second-order valence-corrected chi connectivity index (χ2v) is 17.1. The molecule has 7 heteroatoms. The summed E-state index contributed by atoms with van der Waals surface area (Å²) in [7, 11) is -1.82. The van der Waals surface area contributed by atoms with Crippen molar-refractivity contribution < 1.29 is 13.9 Å². The largest absolute Gasteiger partial charge is 0.454 e. The van der Waals surface area contributed by atoms with Crippen LogP contribution in [0.15, 0.2) is 49.1 Å². The van der Waals surface area contributed by atoms with Crippen LogP contribution in [-0.2, 0) is 9.84 Å². The summed E-state index contributed by atoms with van der Waals surface area (Å²) in [4.78, 5) is 13.9. The summed E-state index contributed by atoms with van der Waals surface area (Å²) < 4.78 is 18.1. The van der Waals surface area contributed by atoms with Crippen LogP contribution in [0, 0.1) is 6.92 Å². The van der Waals surface area contributed by atoms with Crippen molar-refractivity contribution in [2.45, 2.75) is 89.5 Å². The number of ether oxygens (including phenoxy) is 2. The fraction of sp³-hybridized carbons (Fsp3) is 0.484. The van der Waals surface area contributed by atoms with Crippen LogP contribution in [0.2, 0.25) is 18.1 Å². The van der Waals surface area contributed by atoms with Crippen LogP contribution in [0.4, 0.5) is 0 Å². The summed E-state index contributed by atoms with van der Waals surface area (Å²) in [6, 6.07) is 12.1. The van der Waals surface area contributed by atoms with Gasteiger partial charge in [0.15, 0.2) is 19.8 Å². The molecule has 2 aliphatic rings. The molecule has 1 N–H and O–H groups in total. The zero-order chi connectivity index (χ0) is 27.1. The predicted octanol–water partition coefficient (Wildman–Crippen LogP) is 7.95. The van der Waals surface area contributed by atoms with Gasteiger partial charge in [-0.2, -0.15) is 0 Å². The number of pyridine rings is 1. The molecular formula is C31H41N3O3Si. The lowest BCUT2D eigenvalue weighted by Crippen LogP contribution is -2.46. The number of aromatic amines is 1. The molecule has 0 unspecified atom stereocenters. The number of imidazole rings is 1. The number of fused-ring (bicyclic) bond motifs is 1. The lowest BCUT2D eigenvalue weighted by molar-refractivity contribution is 0.101. The number of benzene rings is 1. The third kappa shape index (κ3) is 5.06. The molecule has 0 radical (unpaired) electrons. The Bertz CT molecular complexity index is 1320. The second-order valence-electron chi connectivity index (χ2n) is 12.4. The molecule has 0 amide bonds. The SMILES string of the molecule is C=CCC1(c2nc(-c3ccc4c(c3)OCO4)c(-c3cccc(C)n3)[nH]2)CCC(O[Si](C)(C)C(C)(C)C)CC1. The number of aryl methyl sites for hydroxylation is 1. The van der Waals surface area contributed by atoms with Gasteiger partial charge in [0.05, 0.1) is 17.1 Å². The van der Waals surface area contributed by atoms with E-state index in [1.807, 2.05) is 43.3 Å². The number of nitrogens with one attached hydrogen (secondary N) is 1. The molecule has 1 aliphatic carbocycles. The van der Waals surface area contributed by atoms with Crippen molar-refractivity contribution >= 4 is 8.32 Å². The Labute approximate surface area is 228 Å². The van der Waals surface area contributed by atoms with Gasteiger partial charge in [-0.3, -0.25) is 4.98 Å². The highest BCUT2D eigenvalue weighted by molar-refractivity contribution is 6.74. The monoisotopic (exact) mass is 531 g/mol. The minimum Gasteiger partial charge on any atom is -0.454 e. The Morgan fingerprint density at radius 1 is 1.11 bits per heavy atom. The zero-order valence-electron chi connectivity index (χ0n) is 23.7. The zero-order valence-corrected chi connectivity index (χ0v) is 24.7. The summed E-state index contributed by atoms with van der Waals surface area (Å²) in [5.74, 6) is 2.52. The predicted molar refractivity (Wildman–Crippen MR) is 155 cm³/mol. The van der Waals surface area contributed by atoms with Gasteiger partial charge in [-0.15, -0.1) is 6.58 Å². The quantitative estimate of drug-likeness (QED) is 0.247. The first-order valence-corrected chi connectivity index (χ1v) is 16.7. The molecular weight excluding hydrogens is 490 g/mol. The fourth-order valence-electron chi connectivity index (χ4n) is 5.41. The lowest BCUT2D eigenvalue weighted by Gasteiger charge is -2.44. The van der Waals surface area contributed by atoms with E-state index in [0.29, 0.717) is 6.10 Å². The highest BCUT2D eigenvalue weighted by Gasteiger charge is 2.44. The normalized spacial score (nSPS) is 21.5. The van der Waals surface area contributed by atoms with Crippen molar-refractivity contribution in [3.05, 3.63) is 60.6 Å². The maximum absolute atomic E-state index is 6.82. The Morgan fingerprint density at radius 3 is 2.53 bits per heavy atom. The van der Waals surface area contributed by atoms with E-state index in [2.05, 4.69) is 51.5 Å². The molecule has 202 valence electrons. The maximum atomic E-state index is 6.82. The number of nitrogens with zero attached hydrogens (tertiary/aromatic N) is 2. The Hall–Kier alpha value is -2.90. The van der Waals surface area contributed by atoms with Gasteiger partial charge < -0.3 is 18.9 Å². The number of H-pyrrole nitrogens is 1. The van der Waals surface area contributed by atoms with E-state index in [-0.39, 0.29) is 17.2 Å². The molecule has 1 aliphatic heterocycles. The van der Waals surface area contributed by atoms with E-state index in [0.717, 1.165) is 77.8 Å². The van der Waals surface area contributed by atoms with E-state index < -0.39 is 8.32 Å². The summed E-state index contributed by atoms with van der Waals surface area (Å²) in [6.45, 7) is 18.0. The molecule has 3 heterocycles. The van der Waals surface area contributed by atoms with Crippen molar-refractivity contribution in [1.29, 1.82) is 0 Å². The first-order valence-electron chi connectivity index (χ1n) is 13.7. The van der Waals surface area contributed by atoms with Gasteiger partial charge in [0.2, 0.25) is 6.79 Å². The van der Waals surface area contributed by atoms with E-state index >= 15 is 0 Å².